The summed E-state index contributed by atoms with van der Waals surface area (Å²) >= 11 is 0. The summed E-state index contributed by atoms with van der Waals surface area (Å²) in [4.78, 5) is 11.3. The van der Waals surface area contributed by atoms with Crippen molar-refractivity contribution in [3.05, 3.63) is 69.9 Å². The molecule has 37 heavy (non-hydrogen) atoms. The number of non-ortho nitro benzene ring substituents is 1. The first kappa shape index (κ1) is 25.4. The fraction of sp³-hybridized carbons (Fsp3) is 0.444. The number of anilines is 2. The Labute approximate surface area is 218 Å². The number of nitrogens with one attached hydrogen (secondary N) is 1. The van der Waals surface area contributed by atoms with E-state index in [1.54, 1.807) is 19.2 Å². The molecule has 2 aliphatic rings. The van der Waals surface area contributed by atoms with Crippen LogP contribution in [0, 0.1) is 10.1 Å². The highest BCUT2D eigenvalue weighted by molar-refractivity contribution is 7.85. The third-order valence-electron chi connectivity index (χ3n) is 6.98. The first-order valence-electron chi connectivity index (χ1n) is 12.5. The molecular weight excluding hydrogens is 492 g/mol. The largest absolute Gasteiger partial charge is 0.490 e. The van der Waals surface area contributed by atoms with Gasteiger partial charge < -0.3 is 14.8 Å². The van der Waals surface area contributed by atoms with Gasteiger partial charge in [0.2, 0.25) is 0 Å². The lowest BCUT2D eigenvalue weighted by atomic mass is 10.0. The molecule has 1 saturated carbocycles. The predicted molar refractivity (Wildman–Crippen MR) is 142 cm³/mol. The molecule has 196 valence electrons. The number of nitrogens with zero attached hydrogens (tertiary/aromatic N) is 3. The molecule has 3 aromatic rings. The molecule has 5 rings (SSSR count). The van der Waals surface area contributed by atoms with Crippen molar-refractivity contribution in [2.75, 3.05) is 18.2 Å². The topological polar surface area (TPSA) is 109 Å². The van der Waals surface area contributed by atoms with Crippen LogP contribution in [0.3, 0.4) is 0 Å². The third-order valence-corrected chi connectivity index (χ3v) is 8.45. The molecule has 1 fully saturated rings. The standard InChI is InChI=1S/C27H32N4O5S/c1-27(2,3)30-26(28-18-6-12-25-22(14-18)24(35-4)16-37(25)34)15-23(29-30)17-5-9-21(13-17)36-20-10-7-19(8-11-20)31(32)33/h6-8,10-12,14-15,17,21,24,28H,5,9,13,16H2,1-4H3. The molecule has 1 aliphatic carbocycles. The lowest BCUT2D eigenvalue weighted by Gasteiger charge is -2.23. The van der Waals surface area contributed by atoms with Crippen LogP contribution in [0.15, 0.2) is 53.4 Å². The minimum Gasteiger partial charge on any atom is -0.490 e. The summed E-state index contributed by atoms with van der Waals surface area (Å²) in [5, 5.41) is 19.4. The number of benzene rings is 2. The van der Waals surface area contributed by atoms with Crippen LogP contribution in [0.25, 0.3) is 0 Å². The van der Waals surface area contributed by atoms with Crippen molar-refractivity contribution in [1.82, 2.24) is 9.78 Å². The van der Waals surface area contributed by atoms with Crippen molar-refractivity contribution in [3.8, 4) is 5.75 Å². The molecule has 2 heterocycles. The van der Waals surface area contributed by atoms with Gasteiger partial charge in [-0.25, -0.2) is 4.68 Å². The number of aromatic nitrogens is 2. The fourth-order valence-electron chi connectivity index (χ4n) is 5.10. The molecule has 0 spiro atoms. The van der Waals surface area contributed by atoms with Gasteiger partial charge in [0.05, 0.1) is 44.9 Å². The van der Waals surface area contributed by atoms with Crippen molar-refractivity contribution in [2.24, 2.45) is 0 Å². The number of nitro benzene ring substituents is 1. The Balaban J connectivity index is 1.33. The molecule has 4 atom stereocenters. The van der Waals surface area contributed by atoms with Crippen LogP contribution >= 0.6 is 0 Å². The maximum absolute atomic E-state index is 12.4. The first-order chi connectivity index (χ1) is 17.6. The summed E-state index contributed by atoms with van der Waals surface area (Å²) in [6, 6.07) is 14.3. The van der Waals surface area contributed by atoms with Crippen molar-refractivity contribution in [2.45, 2.75) is 68.6 Å². The molecule has 0 bridgehead atoms. The van der Waals surface area contributed by atoms with E-state index in [1.807, 2.05) is 22.9 Å². The van der Waals surface area contributed by atoms with Gasteiger partial charge in [0.25, 0.3) is 5.69 Å². The van der Waals surface area contributed by atoms with Gasteiger partial charge in [-0.15, -0.1) is 0 Å². The van der Waals surface area contributed by atoms with E-state index in [0.29, 0.717) is 11.5 Å². The Morgan fingerprint density at radius 2 is 1.89 bits per heavy atom. The summed E-state index contributed by atoms with van der Waals surface area (Å²) in [7, 11) is 0.619. The van der Waals surface area contributed by atoms with Gasteiger partial charge in [0.15, 0.2) is 0 Å². The van der Waals surface area contributed by atoms with E-state index in [9.17, 15) is 14.3 Å². The lowest BCUT2D eigenvalue weighted by molar-refractivity contribution is -0.384. The van der Waals surface area contributed by atoms with Gasteiger partial charge in [-0.1, -0.05) is 0 Å². The van der Waals surface area contributed by atoms with E-state index >= 15 is 0 Å². The SMILES string of the molecule is COC1CS(=O)c2ccc(Nc3cc(C4CCC(Oc5ccc([N+](=O)[O-])cc5)C4)nn3C(C)(C)C)cc21. The van der Waals surface area contributed by atoms with E-state index in [-0.39, 0.29) is 29.4 Å². The van der Waals surface area contributed by atoms with Crippen molar-refractivity contribution >= 4 is 28.0 Å². The molecule has 1 aromatic heterocycles. The number of ether oxygens (including phenoxy) is 2. The summed E-state index contributed by atoms with van der Waals surface area (Å²) in [6.45, 7) is 6.37. The highest BCUT2D eigenvalue weighted by Gasteiger charge is 2.32. The average molecular weight is 525 g/mol. The van der Waals surface area contributed by atoms with Crippen LogP contribution in [0.1, 0.15) is 63.3 Å². The number of methoxy groups -OCH3 is 1. The van der Waals surface area contributed by atoms with Crippen molar-refractivity contribution in [3.63, 3.8) is 0 Å². The van der Waals surface area contributed by atoms with E-state index in [2.05, 4.69) is 32.2 Å². The molecule has 1 aliphatic heterocycles. The highest BCUT2D eigenvalue weighted by Crippen LogP contribution is 2.39. The van der Waals surface area contributed by atoms with Crippen LogP contribution < -0.4 is 10.1 Å². The Morgan fingerprint density at radius 3 is 2.57 bits per heavy atom. The normalized spacial score (nSPS) is 23.1. The lowest BCUT2D eigenvalue weighted by Crippen LogP contribution is -2.24. The summed E-state index contributed by atoms with van der Waals surface area (Å²) in [5.41, 5.74) is 2.71. The van der Waals surface area contributed by atoms with Gasteiger partial charge in [0, 0.05) is 41.8 Å². The van der Waals surface area contributed by atoms with Crippen molar-refractivity contribution < 1.29 is 18.6 Å². The molecule has 9 nitrogen and oxygen atoms in total. The van der Waals surface area contributed by atoms with E-state index in [1.165, 1.54) is 12.1 Å². The predicted octanol–water partition coefficient (Wildman–Crippen LogP) is 5.81. The molecule has 0 saturated heterocycles. The highest BCUT2D eigenvalue weighted by atomic mass is 32.2. The second kappa shape index (κ2) is 9.90. The van der Waals surface area contributed by atoms with Crippen molar-refractivity contribution in [1.29, 1.82) is 0 Å². The zero-order chi connectivity index (χ0) is 26.3. The van der Waals surface area contributed by atoms with Gasteiger partial charge in [-0.05, 0) is 75.9 Å². The molecule has 4 unspecified atom stereocenters. The zero-order valence-corrected chi connectivity index (χ0v) is 22.3. The molecule has 0 radical (unpaired) electrons. The van der Waals surface area contributed by atoms with Gasteiger partial charge >= 0.3 is 0 Å². The number of fused-ring (bicyclic) bond motifs is 1. The van der Waals surface area contributed by atoms with Gasteiger partial charge in [-0.2, -0.15) is 5.10 Å². The quantitative estimate of drug-likeness (QED) is 0.307. The Morgan fingerprint density at radius 1 is 1.14 bits per heavy atom. The van der Waals surface area contributed by atoms with Crippen LogP contribution in [0.5, 0.6) is 5.75 Å². The first-order valence-corrected chi connectivity index (χ1v) is 13.8. The zero-order valence-electron chi connectivity index (χ0n) is 21.5. The van der Waals surface area contributed by atoms with Crippen LogP contribution in [0.4, 0.5) is 17.2 Å². The van der Waals surface area contributed by atoms with Gasteiger partial charge in [0.1, 0.15) is 11.6 Å². The van der Waals surface area contributed by atoms with Crippen LogP contribution in [-0.4, -0.2) is 37.9 Å². The molecule has 0 amide bonds. The molecular formula is C27H32N4O5S. The number of hydrogen-bond donors (Lipinski definition) is 1. The average Bonchev–Trinajstić information content (AvgIpc) is 3.57. The maximum Gasteiger partial charge on any atom is 0.269 e. The number of nitro groups is 1. The Hall–Kier alpha value is -3.24. The minimum atomic E-state index is -1.03. The van der Waals surface area contributed by atoms with E-state index in [4.69, 9.17) is 14.6 Å². The molecule has 2 aromatic carbocycles. The fourth-order valence-corrected chi connectivity index (χ4v) is 6.54. The summed E-state index contributed by atoms with van der Waals surface area (Å²) in [5.74, 6) is 2.29. The van der Waals surface area contributed by atoms with E-state index in [0.717, 1.165) is 46.9 Å². The van der Waals surface area contributed by atoms with Crippen LogP contribution in [0.2, 0.25) is 0 Å². The third kappa shape index (κ3) is 5.26. The number of rotatable bonds is 7. The molecule has 10 heteroatoms. The van der Waals surface area contributed by atoms with Crippen LogP contribution in [-0.2, 0) is 21.1 Å². The minimum absolute atomic E-state index is 0.0335. The maximum atomic E-state index is 12.4. The second-order valence-electron chi connectivity index (χ2n) is 10.7. The summed E-state index contributed by atoms with van der Waals surface area (Å²) < 4.78 is 26.1. The number of hydrogen-bond acceptors (Lipinski definition) is 7. The van der Waals surface area contributed by atoms with Gasteiger partial charge in [-0.3, -0.25) is 14.3 Å². The Bertz CT molecular complexity index is 1330. The summed E-state index contributed by atoms with van der Waals surface area (Å²) in [6.07, 6.45) is 2.56. The van der Waals surface area contributed by atoms with E-state index < -0.39 is 15.7 Å². The monoisotopic (exact) mass is 524 g/mol. The Kier molecular flexibility index (Phi) is 6.80. The second-order valence-corrected chi connectivity index (χ2v) is 12.1. The smallest absolute Gasteiger partial charge is 0.269 e. The molecule has 1 N–H and O–H groups in total.